The lowest BCUT2D eigenvalue weighted by atomic mass is 9.85. The van der Waals surface area contributed by atoms with Crippen LogP contribution in [0.15, 0.2) is 0 Å². The number of rotatable bonds is 5. The Morgan fingerprint density at radius 2 is 2.00 bits per heavy atom. The van der Waals surface area contributed by atoms with Gasteiger partial charge in [-0.1, -0.05) is 13.8 Å². The smallest absolute Gasteiger partial charge is 0.230 e. The zero-order chi connectivity index (χ0) is 13.8. The van der Waals surface area contributed by atoms with Crippen molar-refractivity contribution in [1.29, 1.82) is 0 Å². The molecular formula is C12H23N3O3. The number of ether oxygens (including phenoxy) is 1. The molecule has 0 aromatic carbocycles. The molecule has 18 heavy (non-hydrogen) atoms. The van der Waals surface area contributed by atoms with Crippen LogP contribution in [0.4, 0.5) is 0 Å². The highest BCUT2D eigenvalue weighted by atomic mass is 16.5. The maximum atomic E-state index is 12.0. The zero-order valence-corrected chi connectivity index (χ0v) is 11.3. The molecule has 2 amide bonds. The van der Waals surface area contributed by atoms with Crippen LogP contribution in [0, 0.1) is 11.3 Å². The second kappa shape index (κ2) is 6.15. The summed E-state index contributed by atoms with van der Waals surface area (Å²) in [5.74, 6) is -0.183. The van der Waals surface area contributed by atoms with Crippen molar-refractivity contribution in [3.63, 3.8) is 0 Å². The fourth-order valence-electron chi connectivity index (χ4n) is 1.69. The van der Waals surface area contributed by atoms with Gasteiger partial charge in [0.1, 0.15) is 0 Å². The second-order valence-corrected chi connectivity index (χ2v) is 5.24. The predicted octanol–water partition coefficient (Wildman–Crippen LogP) is -0.761. The highest BCUT2D eigenvalue weighted by Crippen LogP contribution is 2.26. The summed E-state index contributed by atoms with van der Waals surface area (Å²) in [5.41, 5.74) is 5.19. The van der Waals surface area contributed by atoms with Gasteiger partial charge in [0.25, 0.3) is 0 Å². The van der Waals surface area contributed by atoms with Crippen LogP contribution in [0.25, 0.3) is 0 Å². The summed E-state index contributed by atoms with van der Waals surface area (Å²) in [7, 11) is 0. The Kier molecular flexibility index (Phi) is 5.10. The largest absolute Gasteiger partial charge is 0.379 e. The molecule has 1 heterocycles. The van der Waals surface area contributed by atoms with Gasteiger partial charge in [-0.25, -0.2) is 0 Å². The van der Waals surface area contributed by atoms with E-state index in [-0.39, 0.29) is 23.8 Å². The van der Waals surface area contributed by atoms with Crippen molar-refractivity contribution >= 4 is 11.8 Å². The van der Waals surface area contributed by atoms with Gasteiger partial charge in [0.05, 0.1) is 18.6 Å². The topological polar surface area (TPSA) is 93.5 Å². The van der Waals surface area contributed by atoms with E-state index in [1.54, 1.807) is 6.92 Å². The Bertz CT molecular complexity index is 320. The molecular weight excluding hydrogens is 234 g/mol. The Balaban J connectivity index is 2.27. The summed E-state index contributed by atoms with van der Waals surface area (Å²) >= 11 is 0. The van der Waals surface area contributed by atoms with Crippen LogP contribution in [0.3, 0.4) is 0 Å². The molecule has 2 unspecified atom stereocenters. The summed E-state index contributed by atoms with van der Waals surface area (Å²) in [5, 5.41) is 5.51. The van der Waals surface area contributed by atoms with Gasteiger partial charge in [0, 0.05) is 25.0 Å². The van der Waals surface area contributed by atoms with Crippen molar-refractivity contribution in [1.82, 2.24) is 10.6 Å². The summed E-state index contributed by atoms with van der Waals surface area (Å²) < 4.78 is 5.21. The second-order valence-electron chi connectivity index (χ2n) is 5.24. The van der Waals surface area contributed by atoms with E-state index < -0.39 is 5.41 Å². The van der Waals surface area contributed by atoms with E-state index in [0.717, 1.165) is 0 Å². The summed E-state index contributed by atoms with van der Waals surface area (Å²) in [6.45, 7) is 7.03. The molecule has 1 rings (SSSR count). The molecule has 1 aliphatic rings. The minimum Gasteiger partial charge on any atom is -0.379 e. The van der Waals surface area contributed by atoms with Crippen LogP contribution in [0.1, 0.15) is 20.8 Å². The van der Waals surface area contributed by atoms with Crippen molar-refractivity contribution < 1.29 is 14.3 Å². The molecule has 0 aromatic heterocycles. The quantitative estimate of drug-likeness (QED) is 0.564. The Morgan fingerprint density at radius 3 is 2.50 bits per heavy atom. The number of nitrogens with one attached hydrogen (secondary N) is 2. The fraction of sp³-hybridized carbons (Fsp3) is 0.833. The molecule has 1 saturated heterocycles. The lowest BCUT2D eigenvalue weighted by molar-refractivity contribution is -0.131. The number of nitrogens with two attached hydrogens (primary N) is 1. The van der Waals surface area contributed by atoms with Gasteiger partial charge in [-0.15, -0.1) is 0 Å². The van der Waals surface area contributed by atoms with Crippen LogP contribution < -0.4 is 16.4 Å². The van der Waals surface area contributed by atoms with Crippen molar-refractivity contribution in [2.24, 2.45) is 17.1 Å². The summed E-state index contributed by atoms with van der Waals surface area (Å²) in [6.07, 6.45) is 0. The van der Waals surface area contributed by atoms with E-state index in [1.165, 1.54) is 0 Å². The van der Waals surface area contributed by atoms with Gasteiger partial charge in [-0.05, 0) is 6.92 Å². The summed E-state index contributed by atoms with van der Waals surface area (Å²) in [4.78, 5) is 23.3. The zero-order valence-electron chi connectivity index (χ0n) is 11.3. The van der Waals surface area contributed by atoms with Gasteiger partial charge in [-0.3, -0.25) is 9.59 Å². The van der Waals surface area contributed by atoms with Crippen LogP contribution in [-0.4, -0.2) is 44.2 Å². The first-order valence-corrected chi connectivity index (χ1v) is 6.27. The average Bonchev–Trinajstić information content (AvgIpc) is 2.65. The third-order valence-electron chi connectivity index (χ3n) is 3.27. The minimum atomic E-state index is -0.665. The van der Waals surface area contributed by atoms with E-state index in [1.807, 2.05) is 13.8 Å². The first kappa shape index (κ1) is 14.9. The van der Waals surface area contributed by atoms with Gasteiger partial charge in [0.15, 0.2) is 0 Å². The molecule has 0 radical (unpaired) electrons. The number of carbonyl (C=O) groups is 2. The van der Waals surface area contributed by atoms with E-state index in [0.29, 0.717) is 26.3 Å². The molecule has 0 saturated carbocycles. The maximum Gasteiger partial charge on any atom is 0.230 e. The predicted molar refractivity (Wildman–Crippen MR) is 67.8 cm³/mol. The SMILES string of the molecule is CC(C)C(=O)NCCNC(=O)C1(C)COCC1N. The number of amides is 2. The molecule has 2 atom stereocenters. The van der Waals surface area contributed by atoms with Crippen LogP contribution >= 0.6 is 0 Å². The fourth-order valence-corrected chi connectivity index (χ4v) is 1.69. The lowest BCUT2D eigenvalue weighted by Gasteiger charge is -2.25. The molecule has 1 fully saturated rings. The van der Waals surface area contributed by atoms with Gasteiger partial charge in [-0.2, -0.15) is 0 Å². The Hall–Kier alpha value is -1.14. The number of carbonyl (C=O) groups excluding carboxylic acids is 2. The normalized spacial score (nSPS) is 27.3. The summed E-state index contributed by atoms with van der Waals surface area (Å²) in [6, 6.07) is -0.275. The molecule has 0 aliphatic carbocycles. The molecule has 0 spiro atoms. The maximum absolute atomic E-state index is 12.0. The van der Waals surface area contributed by atoms with Crippen molar-refractivity contribution in [3.8, 4) is 0 Å². The van der Waals surface area contributed by atoms with Gasteiger partial charge >= 0.3 is 0 Å². The number of hydrogen-bond donors (Lipinski definition) is 3. The molecule has 104 valence electrons. The molecule has 4 N–H and O–H groups in total. The highest BCUT2D eigenvalue weighted by molar-refractivity contribution is 5.83. The van der Waals surface area contributed by atoms with E-state index in [9.17, 15) is 9.59 Å². The van der Waals surface area contributed by atoms with E-state index >= 15 is 0 Å². The van der Waals surface area contributed by atoms with Crippen molar-refractivity contribution in [3.05, 3.63) is 0 Å². The molecule has 0 aromatic rings. The van der Waals surface area contributed by atoms with Crippen LogP contribution in [0.2, 0.25) is 0 Å². The van der Waals surface area contributed by atoms with Crippen molar-refractivity contribution in [2.75, 3.05) is 26.3 Å². The highest BCUT2D eigenvalue weighted by Gasteiger charge is 2.44. The average molecular weight is 257 g/mol. The first-order chi connectivity index (χ1) is 8.38. The van der Waals surface area contributed by atoms with Crippen molar-refractivity contribution in [2.45, 2.75) is 26.8 Å². The Labute approximate surface area is 108 Å². The van der Waals surface area contributed by atoms with E-state index in [2.05, 4.69) is 10.6 Å². The molecule has 6 heteroatoms. The van der Waals surface area contributed by atoms with Crippen LogP contribution in [-0.2, 0) is 14.3 Å². The van der Waals surface area contributed by atoms with Gasteiger partial charge < -0.3 is 21.1 Å². The van der Waals surface area contributed by atoms with Gasteiger partial charge in [0.2, 0.25) is 11.8 Å². The third-order valence-corrected chi connectivity index (χ3v) is 3.27. The molecule has 0 bridgehead atoms. The standard InChI is InChI=1S/C12H23N3O3/c1-8(2)10(16)14-4-5-15-11(17)12(3)7-18-6-9(12)13/h8-9H,4-7,13H2,1-3H3,(H,14,16)(H,15,17). The molecule has 1 aliphatic heterocycles. The third kappa shape index (κ3) is 3.43. The Morgan fingerprint density at radius 1 is 1.39 bits per heavy atom. The van der Waals surface area contributed by atoms with E-state index in [4.69, 9.17) is 10.5 Å². The first-order valence-electron chi connectivity index (χ1n) is 6.27. The lowest BCUT2D eigenvalue weighted by Crippen LogP contribution is -2.51. The molecule has 6 nitrogen and oxygen atoms in total. The number of hydrogen-bond acceptors (Lipinski definition) is 4. The monoisotopic (exact) mass is 257 g/mol. The van der Waals surface area contributed by atoms with Crippen LogP contribution in [0.5, 0.6) is 0 Å². The minimum absolute atomic E-state index is 0.0173.